The fraction of sp³-hybridized carbons (Fsp3) is 0. The molecular weight excluding hydrogens is 671 g/mol. The summed E-state index contributed by atoms with van der Waals surface area (Å²) in [5.41, 5.74) is 9.89. The highest BCUT2D eigenvalue weighted by atomic mass is 32.1. The fourth-order valence-electron chi connectivity index (χ4n) is 7.97. The van der Waals surface area contributed by atoms with Crippen LogP contribution >= 0.6 is 22.7 Å². The van der Waals surface area contributed by atoms with Gasteiger partial charge in [0.05, 0.1) is 16.8 Å². The van der Waals surface area contributed by atoms with Gasteiger partial charge in [-0.15, -0.1) is 22.7 Å². The van der Waals surface area contributed by atoms with Crippen molar-refractivity contribution in [1.82, 2.24) is 0 Å². The van der Waals surface area contributed by atoms with E-state index >= 15 is 0 Å². The maximum absolute atomic E-state index is 6.61. The number of hydrogen-bond donors (Lipinski definition) is 0. The summed E-state index contributed by atoms with van der Waals surface area (Å²) >= 11 is 3.73. The third-order valence-electron chi connectivity index (χ3n) is 10.3. The van der Waals surface area contributed by atoms with Crippen LogP contribution in [0.3, 0.4) is 0 Å². The molecule has 11 rings (SSSR count). The van der Waals surface area contributed by atoms with Crippen molar-refractivity contribution >= 4 is 102 Å². The third kappa shape index (κ3) is 4.48. The lowest BCUT2D eigenvalue weighted by molar-refractivity contribution is 0.669. The number of benzene rings is 8. The molecule has 3 heterocycles. The smallest absolute Gasteiger partial charge is 0.137 e. The number of hydrogen-bond acceptors (Lipinski definition) is 4. The second-order valence-electron chi connectivity index (χ2n) is 13.2. The standard InChI is InChI=1S/C48H29NOS2/c1-3-13-30(14-4-1)33-26-28-41-46(37-18-7-10-20-40(37)50-41)47(33)49(32-23-24-36-35-17-8-11-21-42(35)51-44(36)29-32)39-27-25-34(31-15-5-2-6-16-31)48-45(39)38-19-9-12-22-43(38)52-48/h1-29H. The number of para-hydroxylation sites is 1. The van der Waals surface area contributed by atoms with Crippen LogP contribution in [0, 0.1) is 0 Å². The van der Waals surface area contributed by atoms with Crippen LogP contribution in [0.1, 0.15) is 0 Å². The minimum absolute atomic E-state index is 0.871. The van der Waals surface area contributed by atoms with E-state index in [-0.39, 0.29) is 0 Å². The lowest BCUT2D eigenvalue weighted by Gasteiger charge is -2.30. The first-order chi connectivity index (χ1) is 25.8. The zero-order chi connectivity index (χ0) is 34.2. The van der Waals surface area contributed by atoms with Crippen LogP contribution in [0.4, 0.5) is 17.1 Å². The summed E-state index contributed by atoms with van der Waals surface area (Å²) in [6, 6.07) is 63.7. The molecule has 0 bridgehead atoms. The second-order valence-corrected chi connectivity index (χ2v) is 15.3. The zero-order valence-corrected chi connectivity index (χ0v) is 29.5. The highest BCUT2D eigenvalue weighted by molar-refractivity contribution is 7.26. The Hall–Kier alpha value is -6.20. The molecule has 4 heteroatoms. The summed E-state index contributed by atoms with van der Waals surface area (Å²) in [4.78, 5) is 2.52. The summed E-state index contributed by atoms with van der Waals surface area (Å²) < 4.78 is 11.7. The minimum Gasteiger partial charge on any atom is -0.456 e. The molecule has 0 fully saturated rings. The van der Waals surface area contributed by atoms with Crippen LogP contribution in [0.25, 0.3) is 84.5 Å². The number of fused-ring (bicyclic) bond motifs is 9. The van der Waals surface area contributed by atoms with E-state index < -0.39 is 0 Å². The molecule has 0 aliphatic rings. The average molecular weight is 700 g/mol. The lowest BCUT2D eigenvalue weighted by atomic mass is 9.96. The van der Waals surface area contributed by atoms with Gasteiger partial charge in [-0.05, 0) is 65.2 Å². The summed E-state index contributed by atoms with van der Waals surface area (Å²) in [6.45, 7) is 0. The molecule has 2 nitrogen and oxygen atoms in total. The first-order valence-corrected chi connectivity index (χ1v) is 19.1. The Labute approximate surface area is 308 Å². The van der Waals surface area contributed by atoms with Gasteiger partial charge < -0.3 is 9.32 Å². The van der Waals surface area contributed by atoms with E-state index in [0.29, 0.717) is 0 Å². The van der Waals surface area contributed by atoms with Crippen LogP contribution in [0.2, 0.25) is 0 Å². The fourth-order valence-corrected chi connectivity index (χ4v) is 10.4. The topological polar surface area (TPSA) is 16.4 Å². The van der Waals surface area contributed by atoms with Gasteiger partial charge in [0, 0.05) is 57.0 Å². The van der Waals surface area contributed by atoms with Crippen molar-refractivity contribution in [1.29, 1.82) is 0 Å². The second kappa shape index (κ2) is 11.7. The number of anilines is 3. The van der Waals surface area contributed by atoms with E-state index in [9.17, 15) is 0 Å². The molecule has 0 radical (unpaired) electrons. The Morgan fingerprint density at radius 2 is 1.02 bits per heavy atom. The van der Waals surface area contributed by atoms with Crippen LogP contribution in [-0.4, -0.2) is 0 Å². The molecule has 244 valence electrons. The van der Waals surface area contributed by atoms with Gasteiger partial charge in [0.25, 0.3) is 0 Å². The molecule has 8 aromatic carbocycles. The molecule has 52 heavy (non-hydrogen) atoms. The van der Waals surface area contributed by atoms with Crippen molar-refractivity contribution in [3.8, 4) is 22.3 Å². The quantitative estimate of drug-likeness (QED) is 0.178. The number of rotatable bonds is 5. The first-order valence-electron chi connectivity index (χ1n) is 17.5. The monoisotopic (exact) mass is 699 g/mol. The van der Waals surface area contributed by atoms with Gasteiger partial charge in [0.2, 0.25) is 0 Å². The highest BCUT2D eigenvalue weighted by Crippen LogP contribution is 2.53. The first kappa shape index (κ1) is 29.5. The molecule has 11 aromatic rings. The van der Waals surface area contributed by atoms with Crippen LogP contribution in [-0.2, 0) is 0 Å². The minimum atomic E-state index is 0.871. The average Bonchev–Trinajstić information content (AvgIpc) is 3.90. The van der Waals surface area contributed by atoms with Gasteiger partial charge in [0.15, 0.2) is 0 Å². The number of nitrogens with zero attached hydrogens (tertiary/aromatic N) is 1. The van der Waals surface area contributed by atoms with Gasteiger partial charge in [-0.2, -0.15) is 0 Å². The Bertz CT molecular complexity index is 3130. The van der Waals surface area contributed by atoms with E-state index in [1.165, 1.54) is 51.5 Å². The van der Waals surface area contributed by atoms with Crippen molar-refractivity contribution in [3.63, 3.8) is 0 Å². The maximum Gasteiger partial charge on any atom is 0.137 e. The molecule has 0 N–H and O–H groups in total. The van der Waals surface area contributed by atoms with Crippen LogP contribution in [0.5, 0.6) is 0 Å². The van der Waals surface area contributed by atoms with Crippen molar-refractivity contribution in [2.75, 3.05) is 4.90 Å². The summed E-state index contributed by atoms with van der Waals surface area (Å²) in [6.07, 6.45) is 0. The van der Waals surface area contributed by atoms with Crippen molar-refractivity contribution < 1.29 is 4.42 Å². The van der Waals surface area contributed by atoms with Gasteiger partial charge in [-0.25, -0.2) is 0 Å². The summed E-state index contributed by atoms with van der Waals surface area (Å²) in [5.74, 6) is 0. The van der Waals surface area contributed by atoms with Gasteiger partial charge in [0.1, 0.15) is 11.2 Å². The van der Waals surface area contributed by atoms with Crippen molar-refractivity contribution in [3.05, 3.63) is 176 Å². The van der Waals surface area contributed by atoms with E-state index in [0.717, 1.165) is 50.1 Å². The van der Waals surface area contributed by atoms with Gasteiger partial charge >= 0.3 is 0 Å². The lowest BCUT2D eigenvalue weighted by Crippen LogP contribution is -2.12. The van der Waals surface area contributed by atoms with Crippen LogP contribution < -0.4 is 4.90 Å². The van der Waals surface area contributed by atoms with Gasteiger partial charge in [-0.3, -0.25) is 0 Å². The van der Waals surface area contributed by atoms with E-state index in [2.05, 4.69) is 181 Å². The molecule has 0 aliphatic heterocycles. The van der Waals surface area contributed by atoms with E-state index in [1.807, 2.05) is 22.7 Å². The Balaban J connectivity index is 1.32. The summed E-state index contributed by atoms with van der Waals surface area (Å²) in [7, 11) is 0. The number of furan rings is 1. The Morgan fingerprint density at radius 1 is 0.404 bits per heavy atom. The molecule has 0 amide bonds. The normalized spacial score (nSPS) is 11.8. The van der Waals surface area contributed by atoms with Crippen LogP contribution in [0.15, 0.2) is 180 Å². The van der Waals surface area contributed by atoms with E-state index in [4.69, 9.17) is 4.42 Å². The Kier molecular flexibility index (Phi) is 6.63. The van der Waals surface area contributed by atoms with Gasteiger partial charge in [-0.1, -0.05) is 127 Å². The zero-order valence-electron chi connectivity index (χ0n) is 27.9. The van der Waals surface area contributed by atoms with E-state index in [1.54, 1.807) is 0 Å². The molecule has 0 atom stereocenters. The third-order valence-corrected chi connectivity index (χ3v) is 12.6. The molecule has 0 spiro atoms. The highest BCUT2D eigenvalue weighted by Gasteiger charge is 2.27. The molecule has 3 aromatic heterocycles. The number of thiophene rings is 2. The molecule has 0 saturated heterocycles. The molecular formula is C48H29NOS2. The van der Waals surface area contributed by atoms with Crippen molar-refractivity contribution in [2.45, 2.75) is 0 Å². The molecule has 0 unspecified atom stereocenters. The predicted octanol–water partition coefficient (Wildman–Crippen LogP) is 15.1. The SMILES string of the molecule is c1ccc(-c2ccc3oc4ccccc4c3c2N(c2ccc3c(c2)sc2ccccc23)c2ccc(-c3ccccc3)c3sc4ccccc4c23)cc1. The summed E-state index contributed by atoms with van der Waals surface area (Å²) in [5, 5.41) is 7.30. The van der Waals surface area contributed by atoms with Crippen molar-refractivity contribution in [2.24, 2.45) is 0 Å². The molecule has 0 saturated carbocycles. The Morgan fingerprint density at radius 3 is 1.81 bits per heavy atom. The predicted molar refractivity (Wildman–Crippen MR) is 225 cm³/mol. The molecule has 0 aliphatic carbocycles. The maximum atomic E-state index is 6.61. The largest absolute Gasteiger partial charge is 0.456 e.